The zero-order valence-electron chi connectivity index (χ0n) is 14.5. The molecule has 0 saturated carbocycles. The number of esters is 1. The molecule has 0 aliphatic carbocycles. The van der Waals surface area contributed by atoms with E-state index in [1.165, 1.54) is 6.26 Å². The Balaban J connectivity index is 1.67. The Kier molecular flexibility index (Phi) is 5.40. The molecule has 2 unspecified atom stereocenters. The van der Waals surface area contributed by atoms with Crippen LogP contribution in [0.5, 0.6) is 0 Å². The number of rotatable bonds is 4. The average Bonchev–Trinajstić information content (AvgIpc) is 3.32. The number of amides is 2. The van der Waals surface area contributed by atoms with Crippen molar-refractivity contribution in [3.05, 3.63) is 24.2 Å². The van der Waals surface area contributed by atoms with Gasteiger partial charge in [-0.1, -0.05) is 0 Å². The predicted molar refractivity (Wildman–Crippen MR) is 88.7 cm³/mol. The highest BCUT2D eigenvalue weighted by Crippen LogP contribution is 2.25. The molecule has 2 atom stereocenters. The first-order valence-electron chi connectivity index (χ1n) is 8.91. The number of ether oxygens (including phenoxy) is 1. The van der Waals surface area contributed by atoms with Crippen molar-refractivity contribution in [2.45, 2.75) is 38.6 Å². The number of carbonyl (C=O) groups is 3. The highest BCUT2D eigenvalue weighted by Gasteiger charge is 2.39. The number of nitrogens with zero attached hydrogens (tertiary/aromatic N) is 2. The summed E-state index contributed by atoms with van der Waals surface area (Å²) in [5.41, 5.74) is 0. The maximum absolute atomic E-state index is 13.0. The van der Waals surface area contributed by atoms with Crippen LogP contribution in [0.2, 0.25) is 0 Å². The van der Waals surface area contributed by atoms with Gasteiger partial charge in [-0.05, 0) is 44.7 Å². The first kappa shape index (κ1) is 17.5. The summed E-state index contributed by atoms with van der Waals surface area (Å²) in [4.78, 5) is 40.8. The minimum atomic E-state index is -0.474. The van der Waals surface area contributed by atoms with Gasteiger partial charge in [0.2, 0.25) is 5.91 Å². The molecule has 136 valence electrons. The fourth-order valence-electron chi connectivity index (χ4n) is 3.65. The van der Waals surface area contributed by atoms with Gasteiger partial charge in [-0.25, -0.2) is 0 Å². The van der Waals surface area contributed by atoms with Crippen LogP contribution in [0.1, 0.15) is 43.2 Å². The third kappa shape index (κ3) is 3.70. The van der Waals surface area contributed by atoms with Crippen molar-refractivity contribution in [2.24, 2.45) is 5.92 Å². The summed E-state index contributed by atoms with van der Waals surface area (Å²) in [5, 5.41) is 0. The normalized spacial score (nSPS) is 23.6. The summed E-state index contributed by atoms with van der Waals surface area (Å²) < 4.78 is 10.3. The Morgan fingerprint density at radius 1 is 1.24 bits per heavy atom. The smallest absolute Gasteiger partial charge is 0.310 e. The minimum absolute atomic E-state index is 0.0774. The molecule has 3 rings (SSSR count). The van der Waals surface area contributed by atoms with E-state index in [-0.39, 0.29) is 29.5 Å². The van der Waals surface area contributed by atoms with Crippen molar-refractivity contribution in [1.29, 1.82) is 0 Å². The molecule has 25 heavy (non-hydrogen) atoms. The molecule has 2 aliphatic rings. The third-order valence-electron chi connectivity index (χ3n) is 4.88. The standard InChI is InChI=1S/C18H24N2O5/c1-2-24-18(23)13-6-3-9-19(12-13)16(21)14-7-4-10-20(14)17(22)15-8-5-11-25-15/h5,8,11,13-14H,2-4,6-7,9-10,12H2,1H3. The van der Waals surface area contributed by atoms with Crippen LogP contribution in [-0.4, -0.2) is 59.9 Å². The van der Waals surface area contributed by atoms with Gasteiger partial charge in [0.05, 0.1) is 18.8 Å². The van der Waals surface area contributed by atoms with Crippen molar-refractivity contribution in [3.8, 4) is 0 Å². The van der Waals surface area contributed by atoms with E-state index < -0.39 is 6.04 Å². The zero-order chi connectivity index (χ0) is 17.8. The first-order chi connectivity index (χ1) is 12.1. The van der Waals surface area contributed by atoms with Gasteiger partial charge in [0.25, 0.3) is 5.91 Å². The van der Waals surface area contributed by atoms with Gasteiger partial charge in [0, 0.05) is 19.6 Å². The second-order valence-electron chi connectivity index (χ2n) is 6.51. The van der Waals surface area contributed by atoms with E-state index in [4.69, 9.17) is 9.15 Å². The molecule has 7 heteroatoms. The second kappa shape index (κ2) is 7.72. The largest absolute Gasteiger partial charge is 0.466 e. The van der Waals surface area contributed by atoms with Crippen LogP contribution in [0.4, 0.5) is 0 Å². The van der Waals surface area contributed by atoms with Gasteiger partial charge >= 0.3 is 5.97 Å². The van der Waals surface area contributed by atoms with Crippen LogP contribution in [0, 0.1) is 5.92 Å². The molecule has 2 fully saturated rings. The van der Waals surface area contributed by atoms with Crippen molar-refractivity contribution in [3.63, 3.8) is 0 Å². The van der Waals surface area contributed by atoms with Crippen LogP contribution in [0.15, 0.2) is 22.8 Å². The predicted octanol–water partition coefficient (Wildman–Crippen LogP) is 1.69. The van der Waals surface area contributed by atoms with Gasteiger partial charge in [-0.2, -0.15) is 0 Å². The molecule has 0 radical (unpaired) electrons. The molecule has 2 aliphatic heterocycles. The fraction of sp³-hybridized carbons (Fsp3) is 0.611. The zero-order valence-corrected chi connectivity index (χ0v) is 14.5. The lowest BCUT2D eigenvalue weighted by atomic mass is 9.97. The Labute approximate surface area is 146 Å². The van der Waals surface area contributed by atoms with Crippen LogP contribution in [0.3, 0.4) is 0 Å². The van der Waals surface area contributed by atoms with E-state index in [1.807, 2.05) is 0 Å². The fourth-order valence-corrected chi connectivity index (χ4v) is 3.65. The van der Waals surface area contributed by atoms with Crippen molar-refractivity contribution < 1.29 is 23.5 Å². The molecule has 0 N–H and O–H groups in total. The van der Waals surface area contributed by atoms with E-state index in [1.54, 1.807) is 28.9 Å². The van der Waals surface area contributed by atoms with Gasteiger partial charge in [-0.15, -0.1) is 0 Å². The lowest BCUT2D eigenvalue weighted by molar-refractivity contribution is -0.151. The second-order valence-corrected chi connectivity index (χ2v) is 6.51. The molecule has 7 nitrogen and oxygen atoms in total. The SMILES string of the molecule is CCOC(=O)C1CCCN(C(=O)C2CCCN2C(=O)c2ccco2)C1. The van der Waals surface area contributed by atoms with E-state index in [0.717, 1.165) is 19.3 Å². The summed E-state index contributed by atoms with van der Waals surface area (Å²) >= 11 is 0. The molecule has 0 spiro atoms. The minimum Gasteiger partial charge on any atom is -0.466 e. The molecule has 0 bridgehead atoms. The number of piperidine rings is 1. The summed E-state index contributed by atoms with van der Waals surface area (Å²) in [7, 11) is 0. The lowest BCUT2D eigenvalue weighted by Crippen LogP contribution is -2.51. The number of likely N-dealkylation sites (tertiary alicyclic amines) is 2. The monoisotopic (exact) mass is 348 g/mol. The van der Waals surface area contributed by atoms with E-state index in [9.17, 15) is 14.4 Å². The molecule has 3 heterocycles. The quantitative estimate of drug-likeness (QED) is 0.774. The summed E-state index contributed by atoms with van der Waals surface area (Å²) in [6, 6.07) is 2.80. The highest BCUT2D eigenvalue weighted by molar-refractivity contribution is 5.96. The van der Waals surface area contributed by atoms with Gasteiger partial charge in [0.1, 0.15) is 6.04 Å². The maximum atomic E-state index is 13.0. The maximum Gasteiger partial charge on any atom is 0.310 e. The number of furan rings is 1. The Morgan fingerprint density at radius 3 is 2.76 bits per heavy atom. The molecule has 0 aromatic carbocycles. The molecule has 1 aromatic rings. The Morgan fingerprint density at radius 2 is 2.04 bits per heavy atom. The molecular weight excluding hydrogens is 324 g/mol. The van der Waals surface area contributed by atoms with E-state index in [2.05, 4.69) is 0 Å². The Bertz CT molecular complexity index is 627. The van der Waals surface area contributed by atoms with E-state index in [0.29, 0.717) is 32.7 Å². The number of carbonyl (C=O) groups excluding carboxylic acids is 3. The lowest BCUT2D eigenvalue weighted by Gasteiger charge is -2.35. The van der Waals surface area contributed by atoms with Crippen LogP contribution >= 0.6 is 0 Å². The molecule has 2 amide bonds. The van der Waals surface area contributed by atoms with Gasteiger partial charge < -0.3 is 19.0 Å². The summed E-state index contributed by atoms with van der Waals surface area (Å²) in [6.45, 7) is 3.66. The van der Waals surface area contributed by atoms with Crippen molar-refractivity contribution in [1.82, 2.24) is 9.80 Å². The summed E-state index contributed by atoms with van der Waals surface area (Å²) in [5.74, 6) is -0.586. The number of hydrogen-bond acceptors (Lipinski definition) is 5. The highest BCUT2D eigenvalue weighted by atomic mass is 16.5. The van der Waals surface area contributed by atoms with Gasteiger partial charge in [-0.3, -0.25) is 14.4 Å². The van der Waals surface area contributed by atoms with Crippen LogP contribution in [-0.2, 0) is 14.3 Å². The molecule has 2 saturated heterocycles. The molecule has 1 aromatic heterocycles. The van der Waals surface area contributed by atoms with Gasteiger partial charge in [0.15, 0.2) is 5.76 Å². The van der Waals surface area contributed by atoms with Crippen molar-refractivity contribution in [2.75, 3.05) is 26.2 Å². The first-order valence-corrected chi connectivity index (χ1v) is 8.91. The van der Waals surface area contributed by atoms with E-state index >= 15 is 0 Å². The average molecular weight is 348 g/mol. The van der Waals surface area contributed by atoms with Crippen LogP contribution < -0.4 is 0 Å². The summed E-state index contributed by atoms with van der Waals surface area (Å²) in [6.07, 6.45) is 4.40. The third-order valence-corrected chi connectivity index (χ3v) is 4.88. The molecular formula is C18H24N2O5. The topological polar surface area (TPSA) is 80.1 Å². The number of hydrogen-bond donors (Lipinski definition) is 0. The Hall–Kier alpha value is -2.31. The van der Waals surface area contributed by atoms with Crippen molar-refractivity contribution >= 4 is 17.8 Å². The van der Waals surface area contributed by atoms with Crippen LogP contribution in [0.25, 0.3) is 0 Å².